The number of nitrogens with zero attached hydrogens (tertiary/aromatic N) is 1. The summed E-state index contributed by atoms with van der Waals surface area (Å²) in [5, 5.41) is 9.33. The average Bonchev–Trinajstić information content (AvgIpc) is 3.50. The molecule has 4 fully saturated rings. The molecule has 4 aliphatic rings. The Hall–Kier alpha value is -2.63. The monoisotopic (exact) mass is 533 g/mol. The van der Waals surface area contributed by atoms with Gasteiger partial charge in [-0.3, -0.25) is 14.4 Å². The highest BCUT2D eigenvalue weighted by atomic mass is 16.6. The molecular weight excluding hydrogens is 490 g/mol. The van der Waals surface area contributed by atoms with Gasteiger partial charge in [-0.05, 0) is 79.1 Å². The van der Waals surface area contributed by atoms with Gasteiger partial charge < -0.3 is 18.9 Å². The summed E-state index contributed by atoms with van der Waals surface area (Å²) in [6.07, 6.45) is 7.39. The van der Waals surface area contributed by atoms with Gasteiger partial charge in [0.25, 0.3) is 0 Å². The van der Waals surface area contributed by atoms with E-state index in [2.05, 4.69) is 6.07 Å². The van der Waals surface area contributed by atoms with Crippen LogP contribution in [-0.4, -0.2) is 48.8 Å². The van der Waals surface area contributed by atoms with E-state index in [9.17, 15) is 24.4 Å². The third-order valence-electron chi connectivity index (χ3n) is 9.05. The van der Waals surface area contributed by atoms with Crippen LogP contribution in [0.25, 0.3) is 0 Å². The van der Waals surface area contributed by atoms with Gasteiger partial charge in [-0.25, -0.2) is 4.79 Å². The number of carbonyl (C=O) groups excluding carboxylic acids is 4. The Morgan fingerprint density at radius 3 is 2.18 bits per heavy atom. The molecule has 9 nitrogen and oxygen atoms in total. The summed E-state index contributed by atoms with van der Waals surface area (Å²) in [6.45, 7) is 10.8. The smallest absolute Gasteiger partial charge is 0.344 e. The standard InChI is InChI=1S/C17H21NO6.C12H22O2/c1-4-16(2,3)14(20)22-7-11(19)23-12-9-5-10-13(12)24-15(21)17(10,6-9)8-18;1-4-12(2,3)11(13)14-10-8-6-5-7-9-10/h9-10,12-13H,4-7H2,1-3H3;10H,4-9H2,1-3H3. The number of carbonyl (C=O) groups is 4. The first-order valence-electron chi connectivity index (χ1n) is 14.0. The van der Waals surface area contributed by atoms with E-state index in [0.29, 0.717) is 19.3 Å². The summed E-state index contributed by atoms with van der Waals surface area (Å²) in [5.74, 6) is -1.90. The molecule has 212 valence electrons. The minimum absolute atomic E-state index is 0.0214. The SMILES string of the molecule is CCC(C)(C)C(=O)OC1CCCCC1.CCC(C)(C)C(=O)OCC(=O)OC1C2CC3C1OC(=O)C3(C#N)C2. The Kier molecular flexibility index (Phi) is 9.16. The van der Waals surface area contributed by atoms with Gasteiger partial charge in [-0.15, -0.1) is 0 Å². The van der Waals surface area contributed by atoms with Gasteiger partial charge in [-0.1, -0.05) is 20.3 Å². The van der Waals surface area contributed by atoms with Gasteiger partial charge in [0.2, 0.25) is 0 Å². The zero-order chi connectivity index (χ0) is 28.3. The Balaban J connectivity index is 0.000000244. The van der Waals surface area contributed by atoms with Crippen molar-refractivity contribution in [2.24, 2.45) is 28.1 Å². The van der Waals surface area contributed by atoms with E-state index in [1.54, 1.807) is 13.8 Å². The van der Waals surface area contributed by atoms with Crippen LogP contribution in [0.5, 0.6) is 0 Å². The molecule has 0 radical (unpaired) electrons. The number of ether oxygens (including phenoxy) is 4. The van der Waals surface area contributed by atoms with Gasteiger partial charge in [0.15, 0.2) is 12.0 Å². The van der Waals surface area contributed by atoms with Gasteiger partial charge in [0, 0.05) is 11.8 Å². The van der Waals surface area contributed by atoms with Crippen molar-refractivity contribution in [3.05, 3.63) is 0 Å². The first kappa shape index (κ1) is 29.9. The van der Waals surface area contributed by atoms with Crippen LogP contribution in [0.15, 0.2) is 0 Å². The van der Waals surface area contributed by atoms with Crippen molar-refractivity contribution in [2.45, 2.75) is 118 Å². The topological polar surface area (TPSA) is 129 Å². The lowest BCUT2D eigenvalue weighted by Crippen LogP contribution is -2.40. The second-order valence-electron chi connectivity index (χ2n) is 12.4. The minimum atomic E-state index is -1.06. The van der Waals surface area contributed by atoms with E-state index >= 15 is 0 Å². The van der Waals surface area contributed by atoms with Crippen molar-refractivity contribution in [1.29, 1.82) is 5.26 Å². The maximum atomic E-state index is 12.0. The Labute approximate surface area is 225 Å². The molecule has 1 aliphatic heterocycles. The van der Waals surface area contributed by atoms with E-state index in [1.807, 2.05) is 27.7 Å². The zero-order valence-corrected chi connectivity index (χ0v) is 23.7. The van der Waals surface area contributed by atoms with Crippen LogP contribution in [0, 0.1) is 39.4 Å². The van der Waals surface area contributed by atoms with Crippen LogP contribution in [0.1, 0.15) is 99.3 Å². The maximum absolute atomic E-state index is 12.0. The molecule has 1 heterocycles. The van der Waals surface area contributed by atoms with Crippen molar-refractivity contribution in [3.8, 4) is 6.07 Å². The van der Waals surface area contributed by atoms with Crippen molar-refractivity contribution >= 4 is 23.9 Å². The quantitative estimate of drug-likeness (QED) is 0.323. The molecule has 0 spiro atoms. The first-order valence-corrected chi connectivity index (χ1v) is 14.0. The normalized spacial score (nSPS) is 30.0. The van der Waals surface area contributed by atoms with Gasteiger partial charge in [0.05, 0.1) is 16.9 Å². The fourth-order valence-electron chi connectivity index (χ4n) is 5.58. The average molecular weight is 534 g/mol. The summed E-state index contributed by atoms with van der Waals surface area (Å²) >= 11 is 0. The van der Waals surface area contributed by atoms with Crippen LogP contribution < -0.4 is 0 Å². The molecule has 0 aromatic heterocycles. The van der Waals surface area contributed by atoms with Crippen molar-refractivity contribution in [3.63, 3.8) is 0 Å². The van der Waals surface area contributed by atoms with E-state index < -0.39 is 47.6 Å². The molecule has 4 rings (SSSR count). The molecule has 0 aromatic rings. The largest absolute Gasteiger partial charge is 0.462 e. The Morgan fingerprint density at radius 2 is 1.61 bits per heavy atom. The summed E-state index contributed by atoms with van der Waals surface area (Å²) < 4.78 is 21.2. The number of fused-ring (bicyclic) bond motifs is 1. The lowest BCUT2D eigenvalue weighted by atomic mass is 9.75. The zero-order valence-electron chi connectivity index (χ0n) is 23.7. The molecule has 1 saturated heterocycles. The predicted molar refractivity (Wildman–Crippen MR) is 136 cm³/mol. The molecule has 5 atom stereocenters. The van der Waals surface area contributed by atoms with E-state index in [0.717, 1.165) is 19.3 Å². The van der Waals surface area contributed by atoms with Crippen LogP contribution in [-0.2, 0) is 38.1 Å². The number of esters is 4. The fraction of sp³-hybridized carbons (Fsp3) is 0.828. The Bertz CT molecular complexity index is 960. The summed E-state index contributed by atoms with van der Waals surface area (Å²) in [6, 6.07) is 2.10. The molecule has 9 heteroatoms. The molecule has 0 N–H and O–H groups in total. The fourth-order valence-corrected chi connectivity index (χ4v) is 5.58. The van der Waals surface area contributed by atoms with Crippen LogP contribution in [0.4, 0.5) is 0 Å². The van der Waals surface area contributed by atoms with Crippen LogP contribution in [0.2, 0.25) is 0 Å². The molecule has 5 unspecified atom stereocenters. The summed E-state index contributed by atoms with van der Waals surface area (Å²) in [7, 11) is 0. The third kappa shape index (κ3) is 6.00. The van der Waals surface area contributed by atoms with Crippen molar-refractivity contribution < 1.29 is 38.1 Å². The number of nitriles is 1. The lowest BCUT2D eigenvalue weighted by Gasteiger charge is -2.28. The van der Waals surface area contributed by atoms with E-state index in [4.69, 9.17) is 18.9 Å². The molecular formula is C29H43NO8. The number of hydrogen-bond acceptors (Lipinski definition) is 9. The number of hydrogen-bond donors (Lipinski definition) is 0. The van der Waals surface area contributed by atoms with Crippen molar-refractivity contribution in [2.75, 3.05) is 6.61 Å². The highest BCUT2D eigenvalue weighted by Crippen LogP contribution is 2.62. The van der Waals surface area contributed by atoms with E-state index in [-0.39, 0.29) is 29.3 Å². The summed E-state index contributed by atoms with van der Waals surface area (Å²) in [4.78, 5) is 47.6. The second kappa shape index (κ2) is 11.6. The molecule has 0 aromatic carbocycles. The second-order valence-corrected chi connectivity index (χ2v) is 12.4. The Morgan fingerprint density at radius 1 is 1.00 bits per heavy atom. The molecule has 2 bridgehead atoms. The molecule has 3 aliphatic carbocycles. The molecule has 38 heavy (non-hydrogen) atoms. The van der Waals surface area contributed by atoms with Gasteiger partial charge in [-0.2, -0.15) is 5.26 Å². The van der Waals surface area contributed by atoms with Gasteiger partial charge in [0.1, 0.15) is 18.3 Å². The third-order valence-corrected chi connectivity index (χ3v) is 9.05. The maximum Gasteiger partial charge on any atom is 0.344 e. The highest BCUT2D eigenvalue weighted by molar-refractivity contribution is 5.85. The molecule has 3 saturated carbocycles. The lowest BCUT2D eigenvalue weighted by molar-refractivity contribution is -0.172. The first-order chi connectivity index (χ1) is 17.8. The molecule has 0 amide bonds. The van der Waals surface area contributed by atoms with E-state index in [1.165, 1.54) is 19.3 Å². The predicted octanol–water partition coefficient (Wildman–Crippen LogP) is 4.65. The summed E-state index contributed by atoms with van der Waals surface area (Å²) in [5.41, 5.74) is -2.02. The van der Waals surface area contributed by atoms with Crippen LogP contribution in [0.3, 0.4) is 0 Å². The number of rotatable bonds is 8. The minimum Gasteiger partial charge on any atom is -0.462 e. The highest BCUT2D eigenvalue weighted by Gasteiger charge is 2.72. The van der Waals surface area contributed by atoms with Crippen molar-refractivity contribution in [1.82, 2.24) is 0 Å². The van der Waals surface area contributed by atoms with Crippen LogP contribution >= 0.6 is 0 Å². The van der Waals surface area contributed by atoms with Gasteiger partial charge >= 0.3 is 23.9 Å².